The number of rotatable bonds is 4. The maximum Gasteiger partial charge on any atom is 0.272 e. The predicted molar refractivity (Wildman–Crippen MR) is 105 cm³/mol. The van der Waals surface area contributed by atoms with Gasteiger partial charge in [-0.05, 0) is 43.2 Å². The van der Waals surface area contributed by atoms with Crippen LogP contribution in [-0.4, -0.2) is 22.2 Å². The molecule has 0 bridgehead atoms. The molecular weight excluding hydrogens is 394 g/mol. The first-order valence-corrected chi connectivity index (χ1v) is 9.13. The third-order valence-corrected chi connectivity index (χ3v) is 4.83. The van der Waals surface area contributed by atoms with Crippen LogP contribution >= 0.6 is 15.9 Å². The molecule has 0 spiro atoms. The lowest BCUT2D eigenvalue weighted by molar-refractivity contribution is 0.0956. The molecule has 1 aliphatic carbocycles. The molecule has 1 heterocycles. The van der Waals surface area contributed by atoms with Crippen molar-refractivity contribution in [3.05, 3.63) is 69.8 Å². The first kappa shape index (κ1) is 16.7. The lowest BCUT2D eigenvalue weighted by Crippen LogP contribution is -2.18. The Labute approximate surface area is 158 Å². The number of hydrazone groups is 1. The lowest BCUT2D eigenvalue weighted by Gasteiger charge is -2.08. The van der Waals surface area contributed by atoms with Crippen molar-refractivity contribution >= 4 is 39.0 Å². The average molecular weight is 410 g/mol. The third-order valence-electron chi connectivity index (χ3n) is 4.34. The van der Waals surface area contributed by atoms with Gasteiger partial charge in [-0.2, -0.15) is 5.10 Å². The van der Waals surface area contributed by atoms with E-state index in [0.29, 0.717) is 17.0 Å². The van der Waals surface area contributed by atoms with E-state index in [1.54, 1.807) is 18.2 Å². The van der Waals surface area contributed by atoms with Crippen molar-refractivity contribution in [2.75, 3.05) is 0 Å². The normalized spacial score (nSPS) is 14.0. The molecule has 0 unspecified atom stereocenters. The van der Waals surface area contributed by atoms with E-state index in [0.717, 1.165) is 33.9 Å². The molecule has 2 aromatic carbocycles. The minimum atomic E-state index is -0.295. The van der Waals surface area contributed by atoms with Gasteiger partial charge < -0.3 is 5.11 Å². The van der Waals surface area contributed by atoms with E-state index in [1.165, 1.54) is 6.21 Å². The van der Waals surface area contributed by atoms with Gasteiger partial charge in [0, 0.05) is 27.0 Å². The molecule has 3 aromatic rings. The molecule has 6 heteroatoms. The Morgan fingerprint density at radius 2 is 2.04 bits per heavy atom. The summed E-state index contributed by atoms with van der Waals surface area (Å²) in [5, 5.41) is 14.6. The third kappa shape index (κ3) is 3.46. The van der Waals surface area contributed by atoms with Gasteiger partial charge in [-0.25, -0.2) is 5.43 Å². The number of phenolic OH excluding ortho intramolecular Hbond substituents is 1. The van der Waals surface area contributed by atoms with Crippen molar-refractivity contribution in [2.24, 2.45) is 5.10 Å². The summed E-state index contributed by atoms with van der Waals surface area (Å²) in [5.41, 5.74) is 5.40. The second-order valence-corrected chi connectivity index (χ2v) is 7.20. The minimum Gasteiger partial charge on any atom is -0.507 e. The monoisotopic (exact) mass is 409 g/mol. The minimum absolute atomic E-state index is 0.0941. The maximum atomic E-state index is 12.7. The van der Waals surface area contributed by atoms with Crippen LogP contribution in [0.3, 0.4) is 0 Å². The van der Waals surface area contributed by atoms with E-state index in [-0.39, 0.29) is 11.7 Å². The highest BCUT2D eigenvalue weighted by molar-refractivity contribution is 9.10. The molecule has 2 N–H and O–H groups in total. The summed E-state index contributed by atoms with van der Waals surface area (Å²) in [6, 6.07) is 14.5. The highest BCUT2D eigenvalue weighted by atomic mass is 79.9. The van der Waals surface area contributed by atoms with Gasteiger partial charge >= 0.3 is 0 Å². The fourth-order valence-corrected chi connectivity index (χ4v) is 3.20. The number of hydrogen-bond donors (Lipinski definition) is 2. The molecule has 1 amide bonds. The number of halogens is 1. The lowest BCUT2D eigenvalue weighted by atomic mass is 10.1. The van der Waals surface area contributed by atoms with Crippen molar-refractivity contribution in [3.63, 3.8) is 0 Å². The molecule has 1 aliphatic rings. The van der Waals surface area contributed by atoms with Crippen LogP contribution in [0.25, 0.3) is 10.9 Å². The van der Waals surface area contributed by atoms with E-state index in [4.69, 9.17) is 0 Å². The van der Waals surface area contributed by atoms with Crippen LogP contribution in [-0.2, 0) is 0 Å². The standard InChI is InChI=1S/C20H16BrN3O2/c21-14-7-8-19(25)13(9-14)11-22-24-20(26)16-10-18(12-5-6-12)23-17-4-2-1-3-15(16)17/h1-4,7-12,25H,5-6H2,(H,24,26)/b22-11-. The number of aromatic nitrogens is 1. The molecule has 1 aromatic heterocycles. The maximum absolute atomic E-state index is 12.7. The Morgan fingerprint density at radius 3 is 2.85 bits per heavy atom. The molecule has 4 rings (SSSR count). The number of phenols is 1. The zero-order chi connectivity index (χ0) is 18.1. The zero-order valence-corrected chi connectivity index (χ0v) is 15.4. The molecule has 130 valence electrons. The smallest absolute Gasteiger partial charge is 0.272 e. The molecule has 1 fully saturated rings. The molecule has 0 aliphatic heterocycles. The summed E-state index contributed by atoms with van der Waals surface area (Å²) in [6.07, 6.45) is 3.66. The van der Waals surface area contributed by atoms with Gasteiger partial charge in [-0.1, -0.05) is 34.1 Å². The highest BCUT2D eigenvalue weighted by Crippen LogP contribution is 2.40. The Hall–Kier alpha value is -2.73. The number of hydrogen-bond acceptors (Lipinski definition) is 4. The Balaban J connectivity index is 1.61. The summed E-state index contributed by atoms with van der Waals surface area (Å²) in [5.74, 6) is 0.251. The number of nitrogens with one attached hydrogen (secondary N) is 1. The van der Waals surface area contributed by atoms with Crippen LogP contribution in [0.1, 0.15) is 40.4 Å². The first-order valence-electron chi connectivity index (χ1n) is 8.33. The second kappa shape index (κ2) is 6.88. The Bertz CT molecular complexity index is 1030. The largest absolute Gasteiger partial charge is 0.507 e. The SMILES string of the molecule is O=C(N/N=C\c1cc(Br)ccc1O)c1cc(C2CC2)nc2ccccc12. The van der Waals surface area contributed by atoms with Crippen molar-refractivity contribution < 1.29 is 9.90 Å². The predicted octanol–water partition coefficient (Wildman–Crippen LogP) is 4.34. The molecule has 0 saturated heterocycles. The number of amides is 1. The van der Waals surface area contributed by atoms with Gasteiger partial charge in [0.15, 0.2) is 0 Å². The van der Waals surface area contributed by atoms with Crippen molar-refractivity contribution in [2.45, 2.75) is 18.8 Å². The van der Waals surface area contributed by atoms with Gasteiger partial charge in [0.2, 0.25) is 0 Å². The van der Waals surface area contributed by atoms with Gasteiger partial charge in [0.25, 0.3) is 5.91 Å². The van der Waals surface area contributed by atoms with E-state index < -0.39 is 0 Å². The van der Waals surface area contributed by atoms with Crippen LogP contribution in [0.2, 0.25) is 0 Å². The zero-order valence-electron chi connectivity index (χ0n) is 13.8. The van der Waals surface area contributed by atoms with Gasteiger partial charge in [0.1, 0.15) is 5.75 Å². The van der Waals surface area contributed by atoms with E-state index in [1.807, 2.05) is 30.3 Å². The summed E-state index contributed by atoms with van der Waals surface area (Å²) in [6.45, 7) is 0. The number of benzene rings is 2. The quantitative estimate of drug-likeness (QED) is 0.496. The summed E-state index contributed by atoms with van der Waals surface area (Å²) in [7, 11) is 0. The van der Waals surface area contributed by atoms with Crippen molar-refractivity contribution in [3.8, 4) is 5.75 Å². The van der Waals surface area contributed by atoms with E-state index in [2.05, 4.69) is 31.4 Å². The Morgan fingerprint density at radius 1 is 1.23 bits per heavy atom. The molecular formula is C20H16BrN3O2. The van der Waals surface area contributed by atoms with Gasteiger partial charge in [-0.15, -0.1) is 0 Å². The van der Waals surface area contributed by atoms with Crippen LogP contribution in [0, 0.1) is 0 Å². The fraction of sp³-hybridized carbons (Fsp3) is 0.150. The van der Waals surface area contributed by atoms with Crippen LogP contribution < -0.4 is 5.43 Å². The molecule has 0 atom stereocenters. The van der Waals surface area contributed by atoms with Crippen LogP contribution in [0.4, 0.5) is 0 Å². The number of fused-ring (bicyclic) bond motifs is 1. The van der Waals surface area contributed by atoms with Gasteiger partial charge in [-0.3, -0.25) is 9.78 Å². The van der Waals surface area contributed by atoms with E-state index >= 15 is 0 Å². The number of nitrogens with zero attached hydrogens (tertiary/aromatic N) is 2. The Kier molecular flexibility index (Phi) is 4.42. The molecule has 26 heavy (non-hydrogen) atoms. The number of aromatic hydroxyl groups is 1. The molecule has 0 radical (unpaired) electrons. The van der Waals surface area contributed by atoms with Gasteiger partial charge in [0.05, 0.1) is 17.3 Å². The first-order chi connectivity index (χ1) is 12.6. The van der Waals surface area contributed by atoms with Crippen molar-refractivity contribution in [1.29, 1.82) is 0 Å². The summed E-state index contributed by atoms with van der Waals surface area (Å²) < 4.78 is 0.817. The fourth-order valence-electron chi connectivity index (χ4n) is 2.82. The number of carbonyl (C=O) groups is 1. The number of pyridine rings is 1. The van der Waals surface area contributed by atoms with Crippen LogP contribution in [0.15, 0.2) is 58.1 Å². The number of carbonyl (C=O) groups excluding carboxylic acids is 1. The van der Waals surface area contributed by atoms with Crippen molar-refractivity contribution in [1.82, 2.24) is 10.4 Å². The molecule has 5 nitrogen and oxygen atoms in total. The molecule has 1 saturated carbocycles. The topological polar surface area (TPSA) is 74.6 Å². The second-order valence-electron chi connectivity index (χ2n) is 6.29. The summed E-state index contributed by atoms with van der Waals surface area (Å²) >= 11 is 3.34. The summed E-state index contributed by atoms with van der Waals surface area (Å²) in [4.78, 5) is 17.3. The van der Waals surface area contributed by atoms with Crippen LogP contribution in [0.5, 0.6) is 5.75 Å². The highest BCUT2D eigenvalue weighted by Gasteiger charge is 2.26. The average Bonchev–Trinajstić information content (AvgIpc) is 3.48. The van der Waals surface area contributed by atoms with E-state index in [9.17, 15) is 9.90 Å². The number of para-hydroxylation sites is 1.